The van der Waals surface area contributed by atoms with Crippen molar-refractivity contribution in [3.05, 3.63) is 12.2 Å². The molecule has 0 heterocycles. The van der Waals surface area contributed by atoms with Crippen LogP contribution in [-0.4, -0.2) is 5.97 Å². The summed E-state index contributed by atoms with van der Waals surface area (Å²) in [5, 5.41) is 9.40. The molecule has 0 bridgehead atoms. The zero-order chi connectivity index (χ0) is 4.99. The van der Waals surface area contributed by atoms with Crippen molar-refractivity contribution in [1.82, 2.24) is 0 Å². The molecule has 0 spiro atoms. The minimum Gasteiger partial charge on any atom is -0.545 e. The van der Waals surface area contributed by atoms with E-state index in [0.29, 0.717) is 0 Å². The second-order valence-corrected chi connectivity index (χ2v) is 0.819. The molecule has 0 amide bonds. The van der Waals surface area contributed by atoms with Crippen LogP contribution in [0, 0.1) is 0 Å². The Morgan fingerprint density at radius 3 is 2.14 bits per heavy atom. The van der Waals surface area contributed by atoms with Gasteiger partial charge in [-0.1, -0.05) is 6.08 Å². The van der Waals surface area contributed by atoms with E-state index in [1.165, 1.54) is 6.08 Å². The summed E-state index contributed by atoms with van der Waals surface area (Å²) >= 11 is 0. The minimum absolute atomic E-state index is 0. The quantitative estimate of drug-likeness (QED) is 0.408. The molecule has 0 rings (SSSR count). The average molecular weight is 193 g/mol. The van der Waals surface area contributed by atoms with Crippen LogP contribution >= 0.6 is 0 Å². The van der Waals surface area contributed by atoms with Crippen LogP contribution in [0.5, 0.6) is 0 Å². The molecular formula is C4H5AgO2. The van der Waals surface area contributed by atoms with E-state index in [1.807, 2.05) is 0 Å². The van der Waals surface area contributed by atoms with E-state index in [1.54, 1.807) is 6.92 Å². The van der Waals surface area contributed by atoms with Gasteiger partial charge in [-0.3, -0.25) is 0 Å². The summed E-state index contributed by atoms with van der Waals surface area (Å²) in [5.74, 6) is -1.14. The van der Waals surface area contributed by atoms with Gasteiger partial charge in [-0.05, 0) is 13.0 Å². The largest absolute Gasteiger partial charge is 1.00 e. The van der Waals surface area contributed by atoms with E-state index in [0.717, 1.165) is 6.08 Å². The molecule has 0 aliphatic heterocycles. The topological polar surface area (TPSA) is 40.1 Å². The number of rotatable bonds is 1. The van der Waals surface area contributed by atoms with E-state index >= 15 is 0 Å². The predicted octanol–water partition coefficient (Wildman–Crippen LogP) is -0.690. The van der Waals surface area contributed by atoms with Crippen molar-refractivity contribution < 1.29 is 32.3 Å². The SMILES string of the molecule is C/C=C/C(=O)[O-].[Ag+]. The Morgan fingerprint density at radius 2 is 2.14 bits per heavy atom. The molecule has 0 aromatic heterocycles. The average Bonchev–Trinajstić information content (AvgIpc) is 1.35. The third-order valence-electron chi connectivity index (χ3n) is 0.303. The number of carbonyl (C=O) groups is 1. The zero-order valence-electron chi connectivity index (χ0n) is 3.77. The van der Waals surface area contributed by atoms with Crippen molar-refractivity contribution in [3.8, 4) is 0 Å². The predicted molar refractivity (Wildman–Crippen MR) is 19.8 cm³/mol. The van der Waals surface area contributed by atoms with Crippen LogP contribution in [0.4, 0.5) is 0 Å². The van der Waals surface area contributed by atoms with Gasteiger partial charge >= 0.3 is 22.4 Å². The van der Waals surface area contributed by atoms with Gasteiger partial charge in [-0.15, -0.1) is 0 Å². The van der Waals surface area contributed by atoms with Crippen LogP contribution in [0.25, 0.3) is 0 Å². The first kappa shape index (κ1) is 10.0. The molecule has 0 saturated heterocycles. The van der Waals surface area contributed by atoms with Gasteiger partial charge in [0.15, 0.2) is 0 Å². The summed E-state index contributed by atoms with van der Waals surface area (Å²) < 4.78 is 0. The Labute approximate surface area is 57.7 Å². The third kappa shape index (κ3) is 10.7. The van der Waals surface area contributed by atoms with Crippen molar-refractivity contribution in [1.29, 1.82) is 0 Å². The van der Waals surface area contributed by atoms with Gasteiger partial charge in [-0.2, -0.15) is 0 Å². The fraction of sp³-hybridized carbons (Fsp3) is 0.250. The molecule has 0 aromatic carbocycles. The van der Waals surface area contributed by atoms with Crippen molar-refractivity contribution in [3.63, 3.8) is 0 Å². The Hall–Kier alpha value is -0.0497. The first-order valence-electron chi connectivity index (χ1n) is 1.61. The molecule has 0 atom stereocenters. The smallest absolute Gasteiger partial charge is 0.545 e. The summed E-state index contributed by atoms with van der Waals surface area (Å²) in [6, 6.07) is 0. The normalized spacial score (nSPS) is 8.14. The van der Waals surface area contributed by atoms with Crippen LogP contribution < -0.4 is 5.11 Å². The van der Waals surface area contributed by atoms with E-state index in [2.05, 4.69) is 0 Å². The van der Waals surface area contributed by atoms with E-state index in [9.17, 15) is 9.90 Å². The van der Waals surface area contributed by atoms with Gasteiger partial charge in [0, 0.05) is 0 Å². The standard InChI is InChI=1S/C4H6O2.Ag/c1-2-3-4(5)6;/h2-3H,1H3,(H,5,6);/q;+1/p-1/b3-2+;. The molecular weight excluding hydrogens is 188 g/mol. The number of hydrogen-bond donors (Lipinski definition) is 0. The fourth-order valence-corrected chi connectivity index (χ4v) is 0.136. The molecule has 0 aliphatic rings. The summed E-state index contributed by atoms with van der Waals surface area (Å²) in [5.41, 5.74) is 0. The van der Waals surface area contributed by atoms with E-state index in [-0.39, 0.29) is 22.4 Å². The Balaban J connectivity index is 0. The van der Waals surface area contributed by atoms with Crippen molar-refractivity contribution >= 4 is 5.97 Å². The number of carboxylic acid groups (broad SMARTS) is 1. The Morgan fingerprint density at radius 1 is 1.71 bits per heavy atom. The minimum atomic E-state index is -1.14. The Bertz CT molecular complexity index is 77.8. The summed E-state index contributed by atoms with van der Waals surface area (Å²) in [7, 11) is 0. The van der Waals surface area contributed by atoms with Crippen LogP contribution in [0.15, 0.2) is 12.2 Å². The third-order valence-corrected chi connectivity index (χ3v) is 0.303. The summed E-state index contributed by atoms with van der Waals surface area (Å²) in [4.78, 5) is 9.40. The number of carboxylic acids is 1. The molecule has 0 aliphatic carbocycles. The molecule has 0 aromatic rings. The molecule has 0 unspecified atom stereocenters. The van der Waals surface area contributed by atoms with Crippen molar-refractivity contribution in [2.75, 3.05) is 0 Å². The van der Waals surface area contributed by atoms with Gasteiger partial charge < -0.3 is 9.90 Å². The number of carbonyl (C=O) groups excluding carboxylic acids is 1. The van der Waals surface area contributed by atoms with Crippen LogP contribution in [0.2, 0.25) is 0 Å². The monoisotopic (exact) mass is 192 g/mol. The molecule has 0 fully saturated rings. The first-order chi connectivity index (χ1) is 2.77. The van der Waals surface area contributed by atoms with Crippen molar-refractivity contribution in [2.24, 2.45) is 0 Å². The molecule has 44 valence electrons. The molecule has 0 radical (unpaired) electrons. The second kappa shape index (κ2) is 5.95. The van der Waals surface area contributed by atoms with Crippen LogP contribution in [0.1, 0.15) is 6.92 Å². The molecule has 2 nitrogen and oxygen atoms in total. The van der Waals surface area contributed by atoms with E-state index < -0.39 is 5.97 Å². The van der Waals surface area contributed by atoms with Gasteiger partial charge in [0.05, 0.1) is 5.97 Å². The Kier molecular flexibility index (Phi) is 8.54. The van der Waals surface area contributed by atoms with E-state index in [4.69, 9.17) is 0 Å². The second-order valence-electron chi connectivity index (χ2n) is 0.819. The fourth-order valence-electron chi connectivity index (χ4n) is 0.136. The maximum absolute atomic E-state index is 9.40. The van der Waals surface area contributed by atoms with Crippen LogP contribution in [0.3, 0.4) is 0 Å². The molecule has 7 heavy (non-hydrogen) atoms. The summed E-state index contributed by atoms with van der Waals surface area (Å²) in [6.45, 7) is 1.62. The number of hydrogen-bond acceptors (Lipinski definition) is 2. The first-order valence-corrected chi connectivity index (χ1v) is 1.61. The van der Waals surface area contributed by atoms with Crippen LogP contribution in [-0.2, 0) is 27.2 Å². The molecule has 0 N–H and O–H groups in total. The zero-order valence-corrected chi connectivity index (χ0v) is 5.25. The van der Waals surface area contributed by atoms with Gasteiger partial charge in [0.1, 0.15) is 0 Å². The number of allylic oxidation sites excluding steroid dienone is 1. The maximum Gasteiger partial charge on any atom is 1.00 e. The molecule has 0 saturated carbocycles. The van der Waals surface area contributed by atoms with Gasteiger partial charge in [-0.25, -0.2) is 0 Å². The maximum atomic E-state index is 9.40. The van der Waals surface area contributed by atoms with Gasteiger partial charge in [0.2, 0.25) is 0 Å². The molecule has 3 heteroatoms. The van der Waals surface area contributed by atoms with Crippen molar-refractivity contribution in [2.45, 2.75) is 6.92 Å². The van der Waals surface area contributed by atoms with Gasteiger partial charge in [0.25, 0.3) is 0 Å². The summed E-state index contributed by atoms with van der Waals surface area (Å²) in [6.07, 6.45) is 2.38. The number of aliphatic carboxylic acids is 1.